The number of pyridine rings is 1. The SMILES string of the molecule is Cc1cc(C)c(/C(N)=N/O)c(N2CCC(C(C)O)C2)n1. The second kappa shape index (κ2) is 5.66. The van der Waals surface area contributed by atoms with Gasteiger partial charge in [0, 0.05) is 24.7 Å². The Labute approximate surface area is 118 Å². The summed E-state index contributed by atoms with van der Waals surface area (Å²) in [4.78, 5) is 6.65. The number of anilines is 1. The van der Waals surface area contributed by atoms with Crippen molar-refractivity contribution in [1.29, 1.82) is 0 Å². The molecule has 0 spiro atoms. The highest BCUT2D eigenvalue weighted by Gasteiger charge is 2.29. The van der Waals surface area contributed by atoms with Gasteiger partial charge in [-0.3, -0.25) is 0 Å². The summed E-state index contributed by atoms with van der Waals surface area (Å²) < 4.78 is 0. The van der Waals surface area contributed by atoms with Crippen molar-refractivity contribution in [1.82, 2.24) is 4.98 Å². The van der Waals surface area contributed by atoms with Crippen LogP contribution in [0.3, 0.4) is 0 Å². The molecule has 1 saturated heterocycles. The third kappa shape index (κ3) is 2.70. The molecule has 1 fully saturated rings. The van der Waals surface area contributed by atoms with Gasteiger partial charge < -0.3 is 20.9 Å². The second-order valence-corrected chi connectivity index (χ2v) is 5.50. The number of nitrogens with zero attached hydrogens (tertiary/aromatic N) is 3. The summed E-state index contributed by atoms with van der Waals surface area (Å²) in [6, 6.07) is 1.92. The van der Waals surface area contributed by atoms with Crippen LogP contribution in [0.25, 0.3) is 0 Å². The van der Waals surface area contributed by atoms with Gasteiger partial charge in [-0.1, -0.05) is 5.16 Å². The molecule has 1 aliphatic rings. The van der Waals surface area contributed by atoms with Crippen LogP contribution in [0.1, 0.15) is 30.2 Å². The lowest BCUT2D eigenvalue weighted by Crippen LogP contribution is -2.28. The van der Waals surface area contributed by atoms with Gasteiger partial charge in [0.15, 0.2) is 5.84 Å². The van der Waals surface area contributed by atoms with E-state index in [-0.39, 0.29) is 17.9 Å². The first kappa shape index (κ1) is 14.6. The summed E-state index contributed by atoms with van der Waals surface area (Å²) >= 11 is 0. The molecular weight excluding hydrogens is 256 g/mol. The van der Waals surface area contributed by atoms with E-state index in [4.69, 9.17) is 10.9 Å². The molecule has 0 bridgehead atoms. The Morgan fingerprint density at radius 3 is 2.80 bits per heavy atom. The summed E-state index contributed by atoms with van der Waals surface area (Å²) in [7, 11) is 0. The van der Waals surface area contributed by atoms with E-state index >= 15 is 0 Å². The van der Waals surface area contributed by atoms with Crippen molar-refractivity contribution in [2.24, 2.45) is 16.8 Å². The van der Waals surface area contributed by atoms with Crippen molar-refractivity contribution in [3.05, 3.63) is 22.9 Å². The van der Waals surface area contributed by atoms with Crippen LogP contribution in [-0.2, 0) is 0 Å². The van der Waals surface area contributed by atoms with Gasteiger partial charge in [-0.2, -0.15) is 0 Å². The quantitative estimate of drug-likeness (QED) is 0.332. The summed E-state index contributed by atoms with van der Waals surface area (Å²) in [6.45, 7) is 7.21. The standard InChI is InChI=1S/C14H22N4O2/c1-8-6-9(2)16-14(12(8)13(15)17-20)18-5-4-11(7-18)10(3)19/h6,10-11,19-20H,4-5,7H2,1-3H3,(H2,15,17). The predicted octanol–water partition coefficient (Wildman–Crippen LogP) is 1.00. The van der Waals surface area contributed by atoms with E-state index < -0.39 is 0 Å². The van der Waals surface area contributed by atoms with Gasteiger partial charge in [0.25, 0.3) is 0 Å². The van der Waals surface area contributed by atoms with Crippen LogP contribution in [0.5, 0.6) is 0 Å². The number of hydrogen-bond acceptors (Lipinski definition) is 5. The van der Waals surface area contributed by atoms with Gasteiger partial charge in [0.05, 0.1) is 11.7 Å². The van der Waals surface area contributed by atoms with E-state index in [1.54, 1.807) is 0 Å². The number of amidine groups is 1. The zero-order valence-corrected chi connectivity index (χ0v) is 12.2. The molecule has 2 unspecified atom stereocenters. The average molecular weight is 278 g/mol. The van der Waals surface area contributed by atoms with Gasteiger partial charge >= 0.3 is 0 Å². The first-order chi connectivity index (χ1) is 9.43. The molecule has 0 saturated carbocycles. The maximum Gasteiger partial charge on any atom is 0.174 e. The van der Waals surface area contributed by atoms with Crippen LogP contribution >= 0.6 is 0 Å². The van der Waals surface area contributed by atoms with E-state index in [1.807, 2.05) is 26.8 Å². The Hall–Kier alpha value is -1.82. The van der Waals surface area contributed by atoms with Crippen LogP contribution in [-0.4, -0.2) is 40.3 Å². The van der Waals surface area contributed by atoms with Gasteiger partial charge in [-0.05, 0) is 38.8 Å². The topological polar surface area (TPSA) is 95.0 Å². The van der Waals surface area contributed by atoms with Gasteiger partial charge in [-0.15, -0.1) is 0 Å². The Kier molecular flexibility index (Phi) is 4.13. The first-order valence-corrected chi connectivity index (χ1v) is 6.83. The minimum absolute atomic E-state index is 0.0745. The molecule has 0 aromatic carbocycles. The molecule has 0 amide bonds. The zero-order chi connectivity index (χ0) is 14.9. The Morgan fingerprint density at radius 1 is 1.55 bits per heavy atom. The summed E-state index contributed by atoms with van der Waals surface area (Å²) in [5.41, 5.74) is 8.29. The molecular formula is C14H22N4O2. The van der Waals surface area contributed by atoms with E-state index in [2.05, 4.69) is 15.0 Å². The summed E-state index contributed by atoms with van der Waals surface area (Å²) in [5.74, 6) is 1.05. The number of oxime groups is 1. The minimum Gasteiger partial charge on any atom is -0.409 e. The third-order valence-corrected chi connectivity index (χ3v) is 3.90. The first-order valence-electron chi connectivity index (χ1n) is 6.83. The van der Waals surface area contributed by atoms with Crippen molar-refractivity contribution in [2.45, 2.75) is 33.3 Å². The molecule has 4 N–H and O–H groups in total. The average Bonchev–Trinajstić information content (AvgIpc) is 2.86. The number of hydrogen-bond donors (Lipinski definition) is 3. The predicted molar refractivity (Wildman–Crippen MR) is 78.2 cm³/mol. The Bertz CT molecular complexity index is 528. The number of rotatable bonds is 3. The van der Waals surface area contributed by atoms with Crippen molar-refractivity contribution in [3.63, 3.8) is 0 Å². The highest BCUT2D eigenvalue weighted by molar-refractivity contribution is 6.02. The normalized spacial score (nSPS) is 21.3. The fourth-order valence-corrected chi connectivity index (χ4v) is 2.79. The maximum absolute atomic E-state index is 9.72. The molecule has 6 nitrogen and oxygen atoms in total. The van der Waals surface area contributed by atoms with E-state index in [1.165, 1.54) is 0 Å². The highest BCUT2D eigenvalue weighted by Crippen LogP contribution is 2.29. The number of nitrogens with two attached hydrogens (primary N) is 1. The number of aliphatic hydroxyl groups is 1. The zero-order valence-electron chi connectivity index (χ0n) is 12.2. The molecule has 0 aliphatic carbocycles. The minimum atomic E-state index is -0.335. The highest BCUT2D eigenvalue weighted by atomic mass is 16.4. The molecule has 1 aliphatic heterocycles. The lowest BCUT2D eigenvalue weighted by Gasteiger charge is -2.22. The lowest BCUT2D eigenvalue weighted by molar-refractivity contribution is 0.136. The smallest absolute Gasteiger partial charge is 0.174 e. The molecule has 1 aromatic rings. The fourth-order valence-electron chi connectivity index (χ4n) is 2.79. The van der Waals surface area contributed by atoms with Gasteiger partial charge in [0.2, 0.25) is 0 Å². The van der Waals surface area contributed by atoms with Gasteiger partial charge in [0.1, 0.15) is 5.82 Å². The van der Waals surface area contributed by atoms with Crippen LogP contribution in [0.2, 0.25) is 0 Å². The second-order valence-electron chi connectivity index (χ2n) is 5.50. The molecule has 2 rings (SSSR count). The number of aromatic nitrogens is 1. The van der Waals surface area contributed by atoms with Crippen molar-refractivity contribution in [3.8, 4) is 0 Å². The number of aliphatic hydroxyl groups excluding tert-OH is 1. The van der Waals surface area contributed by atoms with E-state index in [9.17, 15) is 5.11 Å². The summed E-state index contributed by atoms with van der Waals surface area (Å²) in [5, 5.41) is 21.8. The molecule has 2 atom stereocenters. The monoisotopic (exact) mass is 278 g/mol. The van der Waals surface area contributed by atoms with E-state index in [0.29, 0.717) is 5.56 Å². The third-order valence-electron chi connectivity index (χ3n) is 3.90. The molecule has 0 radical (unpaired) electrons. The Morgan fingerprint density at radius 2 is 2.25 bits per heavy atom. The number of aryl methyl sites for hydroxylation is 2. The molecule has 110 valence electrons. The van der Waals surface area contributed by atoms with Crippen LogP contribution in [0.15, 0.2) is 11.2 Å². The van der Waals surface area contributed by atoms with Crippen LogP contribution in [0.4, 0.5) is 5.82 Å². The van der Waals surface area contributed by atoms with Crippen molar-refractivity contribution < 1.29 is 10.3 Å². The van der Waals surface area contributed by atoms with Crippen LogP contribution in [0, 0.1) is 19.8 Å². The van der Waals surface area contributed by atoms with Crippen LogP contribution < -0.4 is 10.6 Å². The van der Waals surface area contributed by atoms with Crippen molar-refractivity contribution in [2.75, 3.05) is 18.0 Å². The van der Waals surface area contributed by atoms with Crippen molar-refractivity contribution >= 4 is 11.7 Å². The van der Waals surface area contributed by atoms with Gasteiger partial charge in [-0.25, -0.2) is 4.98 Å². The maximum atomic E-state index is 9.72. The largest absolute Gasteiger partial charge is 0.409 e. The molecule has 1 aromatic heterocycles. The molecule has 20 heavy (non-hydrogen) atoms. The molecule has 6 heteroatoms. The Balaban J connectivity index is 2.41. The fraction of sp³-hybridized carbons (Fsp3) is 0.571. The molecule has 2 heterocycles. The van der Waals surface area contributed by atoms with E-state index in [0.717, 1.165) is 36.6 Å². The summed E-state index contributed by atoms with van der Waals surface area (Å²) in [6.07, 6.45) is 0.584. The lowest BCUT2D eigenvalue weighted by atomic mass is 10.0.